The van der Waals surface area contributed by atoms with E-state index in [0.717, 1.165) is 48.9 Å². The Morgan fingerprint density at radius 1 is 1.19 bits per heavy atom. The molecule has 1 atom stereocenters. The number of aromatic nitrogens is 1. The molecule has 0 aromatic carbocycles. The van der Waals surface area contributed by atoms with Gasteiger partial charge >= 0.3 is 12.1 Å². The molecule has 1 aliphatic carbocycles. The van der Waals surface area contributed by atoms with E-state index < -0.39 is 12.1 Å². The van der Waals surface area contributed by atoms with Crippen LogP contribution in [0, 0.1) is 25.2 Å². The van der Waals surface area contributed by atoms with E-state index in [4.69, 9.17) is 14.4 Å². The van der Waals surface area contributed by atoms with Gasteiger partial charge in [-0.2, -0.15) is 13.2 Å². The summed E-state index contributed by atoms with van der Waals surface area (Å²) in [5, 5.41) is 11.1. The molecule has 1 saturated carbocycles. The molecule has 4 rings (SSSR count). The van der Waals surface area contributed by atoms with Crippen molar-refractivity contribution in [3.63, 3.8) is 0 Å². The van der Waals surface area contributed by atoms with Gasteiger partial charge in [0.2, 0.25) is 5.91 Å². The molecule has 1 aromatic rings. The van der Waals surface area contributed by atoms with Crippen LogP contribution in [0.1, 0.15) is 62.0 Å². The Hall–Kier alpha value is -2.10. The van der Waals surface area contributed by atoms with Crippen LogP contribution < -0.4 is 0 Å². The van der Waals surface area contributed by atoms with E-state index in [1.807, 2.05) is 18.7 Å². The standard InChI is InChI=1S/C20H31N3O2.C2HF3O2/c1-15-18(16(2)25-21-15)12-23-14-20(19(23)24)9-6-10-22(13-20)11-17-7-4-3-5-8-17;3-2(4,5)1(6)7/h17H,3-14H2,1-2H3;(H,6,7). The summed E-state index contributed by atoms with van der Waals surface area (Å²) in [4.78, 5) is 26.5. The molecule has 0 bridgehead atoms. The maximum atomic E-state index is 13.0. The first kappa shape index (κ1) is 24.5. The van der Waals surface area contributed by atoms with Crippen LogP contribution >= 0.6 is 0 Å². The fourth-order valence-electron chi connectivity index (χ4n) is 5.22. The van der Waals surface area contributed by atoms with Gasteiger partial charge in [-0.25, -0.2) is 4.79 Å². The summed E-state index contributed by atoms with van der Waals surface area (Å²) >= 11 is 0. The minimum Gasteiger partial charge on any atom is -0.475 e. The highest BCUT2D eigenvalue weighted by Crippen LogP contribution is 2.42. The predicted molar refractivity (Wildman–Crippen MR) is 110 cm³/mol. The predicted octanol–water partition coefficient (Wildman–Crippen LogP) is 3.93. The first-order valence-corrected chi connectivity index (χ1v) is 11.3. The molecular weight excluding hydrogens is 427 g/mol. The zero-order chi connectivity index (χ0) is 23.5. The Kier molecular flexibility index (Phi) is 7.52. The molecule has 32 heavy (non-hydrogen) atoms. The van der Waals surface area contributed by atoms with E-state index in [2.05, 4.69) is 10.1 Å². The van der Waals surface area contributed by atoms with Gasteiger partial charge in [0.25, 0.3) is 0 Å². The lowest BCUT2D eigenvalue weighted by molar-refractivity contribution is -0.192. The minimum atomic E-state index is -5.08. The number of carbonyl (C=O) groups excluding carboxylic acids is 1. The molecule has 7 nitrogen and oxygen atoms in total. The second kappa shape index (κ2) is 9.80. The average Bonchev–Trinajstić information content (AvgIpc) is 3.06. The topological polar surface area (TPSA) is 86.9 Å². The number of piperidine rings is 1. The third-order valence-electron chi connectivity index (χ3n) is 6.90. The Bertz CT molecular complexity index is 800. The van der Waals surface area contributed by atoms with Crippen molar-refractivity contribution in [1.82, 2.24) is 15.0 Å². The quantitative estimate of drug-likeness (QED) is 0.687. The van der Waals surface area contributed by atoms with Gasteiger partial charge in [-0.3, -0.25) is 4.79 Å². The second-order valence-corrected chi connectivity index (χ2v) is 9.39. The van der Waals surface area contributed by atoms with E-state index in [0.29, 0.717) is 12.5 Å². The Morgan fingerprint density at radius 3 is 2.38 bits per heavy atom. The summed E-state index contributed by atoms with van der Waals surface area (Å²) in [6.45, 7) is 8.80. The number of hydrogen-bond acceptors (Lipinski definition) is 5. The van der Waals surface area contributed by atoms with Crippen molar-refractivity contribution in [2.24, 2.45) is 11.3 Å². The molecule has 1 unspecified atom stereocenters. The van der Waals surface area contributed by atoms with Crippen LogP contribution in [-0.2, 0) is 16.1 Å². The number of alkyl halides is 3. The Morgan fingerprint density at radius 2 is 1.84 bits per heavy atom. The van der Waals surface area contributed by atoms with Gasteiger partial charge < -0.3 is 19.4 Å². The number of amides is 1. The van der Waals surface area contributed by atoms with Crippen molar-refractivity contribution in [3.05, 3.63) is 17.0 Å². The molecule has 10 heteroatoms. The minimum absolute atomic E-state index is 0.105. The van der Waals surface area contributed by atoms with Crippen molar-refractivity contribution < 1.29 is 32.4 Å². The molecule has 1 aromatic heterocycles. The molecular formula is C22H32F3N3O4. The highest BCUT2D eigenvalue weighted by atomic mass is 19.4. The zero-order valence-corrected chi connectivity index (χ0v) is 18.7. The SMILES string of the molecule is Cc1noc(C)c1CN1CC2(CCCN(CC3CCCCC3)C2)C1=O.O=C(O)C(F)(F)F. The van der Waals surface area contributed by atoms with Crippen LogP contribution in [-0.4, -0.2) is 64.3 Å². The number of carbonyl (C=O) groups is 2. The van der Waals surface area contributed by atoms with Gasteiger partial charge in [0.15, 0.2) is 0 Å². The number of carboxylic acids is 1. The first-order valence-electron chi connectivity index (χ1n) is 11.3. The average molecular weight is 460 g/mol. The number of hydrogen-bond donors (Lipinski definition) is 1. The summed E-state index contributed by atoms with van der Waals surface area (Å²) in [5.41, 5.74) is 1.89. The van der Waals surface area contributed by atoms with Crippen LogP contribution in [0.15, 0.2) is 4.52 Å². The van der Waals surface area contributed by atoms with Crippen LogP contribution in [0.25, 0.3) is 0 Å². The van der Waals surface area contributed by atoms with E-state index in [9.17, 15) is 18.0 Å². The van der Waals surface area contributed by atoms with Gasteiger partial charge in [0, 0.05) is 25.2 Å². The largest absolute Gasteiger partial charge is 0.490 e. The van der Waals surface area contributed by atoms with Crippen molar-refractivity contribution in [2.75, 3.05) is 26.2 Å². The number of carboxylic acid groups (broad SMARTS) is 1. The molecule has 0 radical (unpaired) electrons. The van der Waals surface area contributed by atoms with Crippen molar-refractivity contribution in [2.45, 2.75) is 71.5 Å². The third-order valence-corrected chi connectivity index (χ3v) is 6.90. The lowest BCUT2D eigenvalue weighted by Gasteiger charge is -2.53. The summed E-state index contributed by atoms with van der Waals surface area (Å²) in [5.74, 6) is -0.709. The smallest absolute Gasteiger partial charge is 0.475 e. The molecule has 1 N–H and O–H groups in total. The van der Waals surface area contributed by atoms with Crippen molar-refractivity contribution >= 4 is 11.9 Å². The molecule has 1 spiro atoms. The normalized spacial score (nSPS) is 24.8. The molecule has 2 aliphatic heterocycles. The van der Waals surface area contributed by atoms with Crippen LogP contribution in [0.2, 0.25) is 0 Å². The van der Waals surface area contributed by atoms with E-state index in [-0.39, 0.29) is 5.41 Å². The number of rotatable bonds is 4. The van der Waals surface area contributed by atoms with E-state index in [1.54, 1.807) is 0 Å². The first-order chi connectivity index (χ1) is 15.0. The molecule has 2 saturated heterocycles. The van der Waals surface area contributed by atoms with Crippen molar-refractivity contribution in [3.8, 4) is 0 Å². The van der Waals surface area contributed by atoms with Gasteiger partial charge in [0.1, 0.15) is 5.76 Å². The fraction of sp³-hybridized carbons (Fsp3) is 0.773. The van der Waals surface area contributed by atoms with E-state index in [1.165, 1.54) is 45.2 Å². The number of nitrogens with zero attached hydrogens (tertiary/aromatic N) is 3. The van der Waals surface area contributed by atoms with Crippen LogP contribution in [0.3, 0.4) is 0 Å². The monoisotopic (exact) mass is 459 g/mol. The number of β-lactam (4-membered cyclic amide) rings is 1. The Balaban J connectivity index is 0.000000360. The highest BCUT2D eigenvalue weighted by Gasteiger charge is 2.53. The fourth-order valence-corrected chi connectivity index (χ4v) is 5.22. The maximum Gasteiger partial charge on any atom is 0.490 e. The highest BCUT2D eigenvalue weighted by molar-refractivity contribution is 5.89. The number of aliphatic carboxylic acids is 1. The van der Waals surface area contributed by atoms with Gasteiger partial charge in [0.05, 0.1) is 17.7 Å². The Labute approximate surface area is 185 Å². The molecule has 3 heterocycles. The molecule has 1 amide bonds. The molecule has 3 aliphatic rings. The molecule has 3 fully saturated rings. The molecule has 180 valence electrons. The lowest BCUT2D eigenvalue weighted by Crippen LogP contribution is -2.66. The second-order valence-electron chi connectivity index (χ2n) is 9.39. The maximum absolute atomic E-state index is 13.0. The van der Waals surface area contributed by atoms with Gasteiger partial charge in [-0.1, -0.05) is 24.4 Å². The van der Waals surface area contributed by atoms with Crippen molar-refractivity contribution in [1.29, 1.82) is 0 Å². The van der Waals surface area contributed by atoms with Crippen LogP contribution in [0.5, 0.6) is 0 Å². The summed E-state index contributed by atoms with van der Waals surface area (Å²) in [7, 11) is 0. The van der Waals surface area contributed by atoms with Gasteiger partial charge in [-0.05, 0) is 52.0 Å². The summed E-state index contributed by atoms with van der Waals surface area (Å²) in [6.07, 6.45) is 4.12. The number of halogens is 3. The zero-order valence-electron chi connectivity index (χ0n) is 18.7. The summed E-state index contributed by atoms with van der Waals surface area (Å²) < 4.78 is 37.0. The van der Waals surface area contributed by atoms with E-state index >= 15 is 0 Å². The third kappa shape index (κ3) is 5.63. The summed E-state index contributed by atoms with van der Waals surface area (Å²) in [6, 6.07) is 0. The lowest BCUT2D eigenvalue weighted by atomic mass is 9.72. The number of likely N-dealkylation sites (tertiary alicyclic amines) is 2. The number of aryl methyl sites for hydroxylation is 2. The van der Waals surface area contributed by atoms with Crippen LogP contribution in [0.4, 0.5) is 13.2 Å². The van der Waals surface area contributed by atoms with Gasteiger partial charge in [-0.15, -0.1) is 0 Å².